The summed E-state index contributed by atoms with van der Waals surface area (Å²) in [7, 11) is 1.64. The number of allylic oxidation sites excluding steroid dienone is 3. The fraction of sp³-hybridized carbons (Fsp3) is 0.375. The van der Waals surface area contributed by atoms with Crippen LogP contribution in [0.1, 0.15) is 12.8 Å². The van der Waals surface area contributed by atoms with Crippen LogP contribution in [0, 0.1) is 5.41 Å². The van der Waals surface area contributed by atoms with Crippen LogP contribution in [0.2, 0.25) is 0 Å². The molecule has 0 heterocycles. The van der Waals surface area contributed by atoms with Crippen molar-refractivity contribution in [2.24, 2.45) is 16.0 Å². The molecule has 0 radical (unpaired) electrons. The van der Waals surface area contributed by atoms with E-state index in [9.17, 15) is 0 Å². The van der Waals surface area contributed by atoms with Gasteiger partial charge in [0.15, 0.2) is 0 Å². The van der Waals surface area contributed by atoms with Crippen molar-refractivity contribution in [3.05, 3.63) is 23.4 Å². The molecule has 4 nitrogen and oxygen atoms in total. The monoisotopic (exact) mass is 164 g/mol. The Bertz CT molecular complexity index is 273. The van der Waals surface area contributed by atoms with E-state index in [1.807, 2.05) is 12.2 Å². The molecule has 0 aromatic rings. The zero-order valence-electron chi connectivity index (χ0n) is 7.04. The minimum atomic E-state index is 0.152. The number of nitrogens with zero attached hydrogens (tertiary/aromatic N) is 2. The zero-order chi connectivity index (χ0) is 8.97. The molecule has 1 aliphatic rings. The van der Waals surface area contributed by atoms with Crippen LogP contribution in [0.3, 0.4) is 0 Å². The first-order chi connectivity index (χ1) is 5.74. The van der Waals surface area contributed by atoms with Crippen LogP contribution >= 0.6 is 0 Å². The van der Waals surface area contributed by atoms with Gasteiger partial charge >= 0.3 is 0 Å². The lowest BCUT2D eigenvalue weighted by molar-refractivity contribution is 0.883. The van der Waals surface area contributed by atoms with Crippen molar-refractivity contribution in [3.8, 4) is 0 Å². The molecule has 0 fully saturated rings. The van der Waals surface area contributed by atoms with E-state index in [-0.39, 0.29) is 5.84 Å². The summed E-state index contributed by atoms with van der Waals surface area (Å²) in [6, 6.07) is 0. The van der Waals surface area contributed by atoms with Crippen molar-refractivity contribution in [2.45, 2.75) is 12.8 Å². The maximum absolute atomic E-state index is 7.18. The fourth-order valence-electron chi connectivity index (χ4n) is 1.06. The molecule has 0 aromatic carbocycles. The van der Waals surface area contributed by atoms with Crippen LogP contribution in [0.15, 0.2) is 33.7 Å². The van der Waals surface area contributed by atoms with E-state index in [0.717, 1.165) is 24.1 Å². The largest absolute Gasteiger partial charge is 0.384 e. The minimum Gasteiger partial charge on any atom is -0.384 e. The number of nitrogens with one attached hydrogen (secondary N) is 1. The number of hydrogen-bond donors (Lipinski definition) is 2. The van der Waals surface area contributed by atoms with Crippen LogP contribution in [-0.4, -0.2) is 12.9 Å². The summed E-state index contributed by atoms with van der Waals surface area (Å²) in [6.07, 6.45) is 5.30. The molecule has 1 aliphatic carbocycles. The van der Waals surface area contributed by atoms with Gasteiger partial charge in [-0.3, -0.25) is 5.41 Å². The van der Waals surface area contributed by atoms with Crippen LogP contribution in [-0.2, 0) is 0 Å². The standard InChI is InChI=1S/C8H12N4/c1-11-12-7-4-2-6(3-5-7)8(9)10/h2,4H,3,5H2,1H3,(H3,9,10). The molecule has 1 rings (SSSR count). The summed E-state index contributed by atoms with van der Waals surface area (Å²) >= 11 is 0. The van der Waals surface area contributed by atoms with Gasteiger partial charge < -0.3 is 5.73 Å². The second-order valence-electron chi connectivity index (χ2n) is 2.56. The average Bonchev–Trinajstić information content (AvgIpc) is 2.06. The highest BCUT2D eigenvalue weighted by Gasteiger charge is 2.07. The topological polar surface area (TPSA) is 74.6 Å². The van der Waals surface area contributed by atoms with Gasteiger partial charge in [0.05, 0.1) is 5.70 Å². The highest BCUT2D eigenvalue weighted by atomic mass is 15.1. The molecule has 0 aromatic heterocycles. The minimum absolute atomic E-state index is 0.152. The average molecular weight is 164 g/mol. The Kier molecular flexibility index (Phi) is 2.74. The summed E-state index contributed by atoms with van der Waals surface area (Å²) in [4.78, 5) is 0. The van der Waals surface area contributed by atoms with E-state index in [1.165, 1.54) is 0 Å². The SMILES string of the molecule is CN=NC1=CC=C(C(=N)N)CC1. The fourth-order valence-corrected chi connectivity index (χ4v) is 1.06. The first-order valence-corrected chi connectivity index (χ1v) is 3.78. The Morgan fingerprint density at radius 2 is 2.25 bits per heavy atom. The molecule has 64 valence electrons. The smallest absolute Gasteiger partial charge is 0.118 e. The molecular weight excluding hydrogens is 152 g/mol. The Labute approximate surface area is 71.4 Å². The van der Waals surface area contributed by atoms with Gasteiger partial charge in [0.1, 0.15) is 5.84 Å². The molecule has 0 bridgehead atoms. The van der Waals surface area contributed by atoms with E-state index >= 15 is 0 Å². The van der Waals surface area contributed by atoms with E-state index < -0.39 is 0 Å². The molecule has 0 spiro atoms. The maximum Gasteiger partial charge on any atom is 0.118 e. The highest BCUT2D eigenvalue weighted by Crippen LogP contribution is 2.18. The number of azo groups is 1. The summed E-state index contributed by atoms with van der Waals surface area (Å²) in [6.45, 7) is 0. The Hall–Kier alpha value is -1.45. The molecule has 0 amide bonds. The van der Waals surface area contributed by atoms with Gasteiger partial charge in [0, 0.05) is 7.05 Å². The summed E-state index contributed by atoms with van der Waals surface area (Å²) in [5.41, 5.74) is 7.14. The Morgan fingerprint density at radius 1 is 1.50 bits per heavy atom. The van der Waals surface area contributed by atoms with E-state index in [2.05, 4.69) is 10.2 Å². The Morgan fingerprint density at radius 3 is 2.67 bits per heavy atom. The van der Waals surface area contributed by atoms with E-state index in [1.54, 1.807) is 7.05 Å². The van der Waals surface area contributed by atoms with Crippen molar-refractivity contribution >= 4 is 5.84 Å². The van der Waals surface area contributed by atoms with Crippen molar-refractivity contribution in [3.63, 3.8) is 0 Å². The molecule has 0 aliphatic heterocycles. The second kappa shape index (κ2) is 3.80. The third-order valence-corrected chi connectivity index (χ3v) is 1.70. The lowest BCUT2D eigenvalue weighted by Crippen LogP contribution is -2.14. The summed E-state index contributed by atoms with van der Waals surface area (Å²) in [5, 5.41) is 14.8. The van der Waals surface area contributed by atoms with Crippen LogP contribution < -0.4 is 5.73 Å². The van der Waals surface area contributed by atoms with Gasteiger partial charge in [-0.1, -0.05) is 6.08 Å². The van der Waals surface area contributed by atoms with Gasteiger partial charge in [-0.25, -0.2) is 0 Å². The second-order valence-corrected chi connectivity index (χ2v) is 2.56. The predicted octanol–water partition coefficient (Wildman–Crippen LogP) is 1.61. The third-order valence-electron chi connectivity index (χ3n) is 1.70. The maximum atomic E-state index is 7.18. The van der Waals surface area contributed by atoms with Gasteiger partial charge in [0.2, 0.25) is 0 Å². The molecule has 12 heavy (non-hydrogen) atoms. The molecule has 0 saturated heterocycles. The molecule has 3 N–H and O–H groups in total. The number of amidine groups is 1. The molecule has 4 heteroatoms. The zero-order valence-corrected chi connectivity index (χ0v) is 7.04. The van der Waals surface area contributed by atoms with Gasteiger partial charge in [-0.05, 0) is 24.5 Å². The molecular formula is C8H12N4. The van der Waals surface area contributed by atoms with E-state index in [4.69, 9.17) is 11.1 Å². The number of nitrogens with two attached hydrogens (primary N) is 1. The van der Waals surface area contributed by atoms with Crippen LogP contribution in [0.5, 0.6) is 0 Å². The summed E-state index contributed by atoms with van der Waals surface area (Å²) < 4.78 is 0. The summed E-state index contributed by atoms with van der Waals surface area (Å²) in [5.74, 6) is 0.152. The number of hydrogen-bond acceptors (Lipinski definition) is 3. The predicted molar refractivity (Wildman–Crippen MR) is 48.1 cm³/mol. The first-order valence-electron chi connectivity index (χ1n) is 3.78. The third kappa shape index (κ3) is 2.02. The van der Waals surface area contributed by atoms with Crippen molar-refractivity contribution < 1.29 is 0 Å². The van der Waals surface area contributed by atoms with Gasteiger partial charge in [-0.2, -0.15) is 10.2 Å². The van der Waals surface area contributed by atoms with Gasteiger partial charge in [-0.15, -0.1) is 0 Å². The van der Waals surface area contributed by atoms with E-state index in [0.29, 0.717) is 0 Å². The first kappa shape index (κ1) is 8.64. The molecule has 0 atom stereocenters. The van der Waals surface area contributed by atoms with Crippen molar-refractivity contribution in [2.75, 3.05) is 7.05 Å². The van der Waals surface area contributed by atoms with Crippen LogP contribution in [0.4, 0.5) is 0 Å². The molecule has 0 saturated carbocycles. The van der Waals surface area contributed by atoms with Crippen LogP contribution in [0.25, 0.3) is 0 Å². The molecule has 0 unspecified atom stereocenters. The lowest BCUT2D eigenvalue weighted by Gasteiger charge is -2.08. The van der Waals surface area contributed by atoms with Crippen molar-refractivity contribution in [1.82, 2.24) is 0 Å². The Balaban J connectivity index is 2.73. The highest BCUT2D eigenvalue weighted by molar-refractivity contribution is 5.94. The quantitative estimate of drug-likeness (QED) is 0.363. The lowest BCUT2D eigenvalue weighted by atomic mass is 10.0. The normalized spacial score (nSPS) is 17.4. The van der Waals surface area contributed by atoms with Crippen molar-refractivity contribution in [1.29, 1.82) is 5.41 Å². The van der Waals surface area contributed by atoms with Gasteiger partial charge in [0.25, 0.3) is 0 Å². The number of rotatable bonds is 2.